The number of nitrogens with one attached hydrogen (secondary N) is 2. The molecule has 2 nitrogen and oxygen atoms in total. The minimum atomic E-state index is 0.527. The van der Waals surface area contributed by atoms with Crippen LogP contribution in [0, 0.1) is 22.7 Å². The van der Waals surface area contributed by atoms with E-state index in [1.165, 1.54) is 31.9 Å². The van der Waals surface area contributed by atoms with Gasteiger partial charge in [-0.3, -0.25) is 0 Å². The van der Waals surface area contributed by atoms with Gasteiger partial charge in [0.25, 0.3) is 0 Å². The zero-order valence-corrected chi connectivity index (χ0v) is 7.14. The van der Waals surface area contributed by atoms with Gasteiger partial charge in [-0.2, -0.15) is 0 Å². The van der Waals surface area contributed by atoms with E-state index in [9.17, 15) is 0 Å². The first-order valence-electron chi connectivity index (χ1n) is 4.62. The van der Waals surface area contributed by atoms with Gasteiger partial charge in [0.15, 0.2) is 0 Å². The lowest BCUT2D eigenvalue weighted by atomic mass is 10.1. The quantitative estimate of drug-likeness (QED) is 0.596. The zero-order chi connectivity index (χ0) is 8.55. The maximum Gasteiger partial charge on any atom is 0.0348 e. The van der Waals surface area contributed by atoms with E-state index < -0.39 is 0 Å². The lowest BCUT2D eigenvalue weighted by Crippen LogP contribution is -1.98. The SMILES string of the molecule is N=C/C(=C\C(=N)C1CC1)C1CC1. The van der Waals surface area contributed by atoms with Crippen molar-refractivity contribution in [2.45, 2.75) is 25.7 Å². The second-order valence-electron chi connectivity index (χ2n) is 3.79. The van der Waals surface area contributed by atoms with Gasteiger partial charge >= 0.3 is 0 Å². The third-order valence-corrected chi connectivity index (χ3v) is 2.55. The van der Waals surface area contributed by atoms with Crippen molar-refractivity contribution in [1.82, 2.24) is 0 Å². The molecule has 0 aromatic rings. The molecule has 12 heavy (non-hydrogen) atoms. The largest absolute Gasteiger partial charge is 0.308 e. The van der Waals surface area contributed by atoms with Crippen molar-refractivity contribution >= 4 is 11.9 Å². The van der Waals surface area contributed by atoms with Crippen LogP contribution in [0.4, 0.5) is 0 Å². The van der Waals surface area contributed by atoms with Gasteiger partial charge in [-0.25, -0.2) is 0 Å². The summed E-state index contributed by atoms with van der Waals surface area (Å²) in [5.74, 6) is 1.14. The van der Waals surface area contributed by atoms with Crippen LogP contribution in [0.3, 0.4) is 0 Å². The molecule has 0 saturated heterocycles. The molecule has 0 spiro atoms. The number of hydrogen-bond acceptors (Lipinski definition) is 2. The Kier molecular flexibility index (Phi) is 1.83. The summed E-state index contributed by atoms with van der Waals surface area (Å²) in [6, 6.07) is 0. The Morgan fingerprint density at radius 3 is 2.08 bits per heavy atom. The second-order valence-corrected chi connectivity index (χ2v) is 3.79. The van der Waals surface area contributed by atoms with E-state index in [2.05, 4.69) is 0 Å². The minimum absolute atomic E-state index is 0.527. The molecule has 2 heteroatoms. The number of rotatable bonds is 4. The highest BCUT2D eigenvalue weighted by atomic mass is 14.5. The summed E-state index contributed by atoms with van der Waals surface area (Å²) in [4.78, 5) is 0. The molecule has 2 aliphatic rings. The molecule has 64 valence electrons. The Labute approximate surface area is 72.7 Å². The average molecular weight is 162 g/mol. The lowest BCUT2D eigenvalue weighted by molar-refractivity contribution is 1.07. The van der Waals surface area contributed by atoms with Crippen molar-refractivity contribution in [3.63, 3.8) is 0 Å². The third-order valence-electron chi connectivity index (χ3n) is 2.55. The van der Waals surface area contributed by atoms with Crippen molar-refractivity contribution in [2.24, 2.45) is 11.8 Å². The second kappa shape index (κ2) is 2.85. The van der Waals surface area contributed by atoms with E-state index in [0.717, 1.165) is 11.3 Å². The van der Waals surface area contributed by atoms with E-state index in [-0.39, 0.29) is 0 Å². The summed E-state index contributed by atoms with van der Waals surface area (Å²) >= 11 is 0. The summed E-state index contributed by atoms with van der Waals surface area (Å²) in [6.45, 7) is 0. The zero-order valence-electron chi connectivity index (χ0n) is 7.14. The van der Waals surface area contributed by atoms with Gasteiger partial charge in [0, 0.05) is 17.8 Å². The molecular formula is C10H14N2. The van der Waals surface area contributed by atoms with Crippen molar-refractivity contribution in [3.05, 3.63) is 11.6 Å². The molecule has 0 unspecified atom stereocenters. The van der Waals surface area contributed by atoms with Gasteiger partial charge in [-0.1, -0.05) is 0 Å². The van der Waals surface area contributed by atoms with Crippen molar-refractivity contribution in [3.8, 4) is 0 Å². The highest BCUT2D eigenvalue weighted by Crippen LogP contribution is 2.37. The molecule has 2 fully saturated rings. The average Bonchev–Trinajstić information content (AvgIpc) is 2.89. The summed E-state index contributed by atoms with van der Waals surface area (Å²) in [5, 5.41) is 14.9. The van der Waals surface area contributed by atoms with Crippen LogP contribution in [0.1, 0.15) is 25.7 Å². The molecule has 0 aromatic carbocycles. The van der Waals surface area contributed by atoms with Crippen molar-refractivity contribution in [2.75, 3.05) is 0 Å². The fourth-order valence-electron chi connectivity index (χ4n) is 1.39. The maximum absolute atomic E-state index is 7.68. The predicted molar refractivity (Wildman–Crippen MR) is 50.0 cm³/mol. The molecule has 2 N–H and O–H groups in total. The van der Waals surface area contributed by atoms with Crippen LogP contribution in [0.15, 0.2) is 11.6 Å². The van der Waals surface area contributed by atoms with Crippen molar-refractivity contribution in [1.29, 1.82) is 10.8 Å². The molecule has 0 bridgehead atoms. The number of hydrogen-bond donors (Lipinski definition) is 2. The highest BCUT2D eigenvalue weighted by molar-refractivity contribution is 6.00. The Hall–Kier alpha value is -0.920. The Bertz CT molecular complexity index is 245. The Balaban J connectivity index is 2.01. The molecular weight excluding hydrogens is 148 g/mol. The first-order chi connectivity index (χ1) is 5.81. The fraction of sp³-hybridized carbons (Fsp3) is 0.600. The molecule has 2 aliphatic carbocycles. The van der Waals surface area contributed by atoms with Crippen LogP contribution >= 0.6 is 0 Å². The van der Waals surface area contributed by atoms with Gasteiger partial charge in [0.2, 0.25) is 0 Å². The van der Waals surface area contributed by atoms with Gasteiger partial charge in [0.1, 0.15) is 0 Å². The fourth-order valence-corrected chi connectivity index (χ4v) is 1.39. The Morgan fingerprint density at radius 1 is 1.08 bits per heavy atom. The normalized spacial score (nSPS) is 23.8. The molecule has 0 heterocycles. The Morgan fingerprint density at radius 2 is 1.67 bits per heavy atom. The van der Waals surface area contributed by atoms with Crippen LogP contribution in [0.5, 0.6) is 0 Å². The van der Waals surface area contributed by atoms with Gasteiger partial charge in [-0.05, 0) is 43.3 Å². The van der Waals surface area contributed by atoms with Gasteiger partial charge in [0.05, 0.1) is 0 Å². The van der Waals surface area contributed by atoms with E-state index in [4.69, 9.17) is 10.8 Å². The summed E-state index contributed by atoms with van der Waals surface area (Å²) in [6.07, 6.45) is 8.16. The maximum atomic E-state index is 7.68. The van der Waals surface area contributed by atoms with E-state index in [1.54, 1.807) is 0 Å². The molecule has 0 aliphatic heterocycles. The topological polar surface area (TPSA) is 47.7 Å². The van der Waals surface area contributed by atoms with Crippen LogP contribution in [0.25, 0.3) is 0 Å². The minimum Gasteiger partial charge on any atom is -0.308 e. The van der Waals surface area contributed by atoms with Crippen LogP contribution in [-0.4, -0.2) is 11.9 Å². The van der Waals surface area contributed by atoms with Crippen LogP contribution in [-0.2, 0) is 0 Å². The summed E-state index contributed by atoms with van der Waals surface area (Å²) in [5.41, 5.74) is 1.83. The smallest absolute Gasteiger partial charge is 0.0348 e. The standard InChI is InChI=1S/C10H14N2/c11-6-9(7-1-2-7)5-10(12)8-3-4-8/h5-8,11-12H,1-4H2/b9-5+,11-6?,12-10?. The van der Waals surface area contributed by atoms with E-state index in [0.29, 0.717) is 11.8 Å². The van der Waals surface area contributed by atoms with Gasteiger partial charge < -0.3 is 10.8 Å². The van der Waals surface area contributed by atoms with Crippen LogP contribution < -0.4 is 0 Å². The summed E-state index contributed by atoms with van der Waals surface area (Å²) in [7, 11) is 0. The molecule has 0 amide bonds. The first kappa shape index (κ1) is 7.71. The van der Waals surface area contributed by atoms with Gasteiger partial charge in [-0.15, -0.1) is 0 Å². The number of allylic oxidation sites excluding steroid dienone is 2. The molecule has 0 atom stereocenters. The molecule has 0 aromatic heterocycles. The monoisotopic (exact) mass is 162 g/mol. The predicted octanol–water partition coefficient (Wildman–Crippen LogP) is 2.40. The van der Waals surface area contributed by atoms with Crippen molar-refractivity contribution < 1.29 is 0 Å². The third kappa shape index (κ3) is 1.63. The lowest BCUT2D eigenvalue weighted by Gasteiger charge is -1.97. The first-order valence-corrected chi connectivity index (χ1v) is 4.62. The van der Waals surface area contributed by atoms with E-state index >= 15 is 0 Å². The summed E-state index contributed by atoms with van der Waals surface area (Å²) < 4.78 is 0. The van der Waals surface area contributed by atoms with Crippen LogP contribution in [0.2, 0.25) is 0 Å². The molecule has 2 saturated carbocycles. The highest BCUT2D eigenvalue weighted by Gasteiger charge is 2.28. The van der Waals surface area contributed by atoms with E-state index in [1.807, 2.05) is 6.08 Å². The molecule has 0 radical (unpaired) electrons. The molecule has 2 rings (SSSR count).